The largest absolute Gasteiger partial charge is 0.497 e. The Hall–Kier alpha value is -5.17. The molecule has 0 radical (unpaired) electrons. The summed E-state index contributed by atoms with van der Waals surface area (Å²) in [6, 6.07) is 16.3. The average Bonchev–Trinajstić information content (AvgIpc) is 3.52. The van der Waals surface area contributed by atoms with Gasteiger partial charge in [-0.2, -0.15) is 13.2 Å². The summed E-state index contributed by atoms with van der Waals surface area (Å²) >= 11 is 0. The molecule has 1 atom stereocenters. The number of pyridine rings is 1. The van der Waals surface area contributed by atoms with Gasteiger partial charge in [0.1, 0.15) is 23.9 Å². The minimum Gasteiger partial charge on any atom is -0.497 e. The SMILES string of the molecule is CCOc1cc(OCc2ccc(OC)cc2)ncc1-c1ccc(CC(=O)Nc2cc(C(=O)NCCN3CCC[C@H]3C)cc(C(F)(F)F)c2)c(F)c1. The molecular formula is C38H40F4N4O5. The molecule has 0 aliphatic carbocycles. The van der Waals surface area contributed by atoms with E-state index >= 15 is 4.39 Å². The Morgan fingerprint density at radius 3 is 2.47 bits per heavy atom. The van der Waals surface area contributed by atoms with E-state index < -0.39 is 35.8 Å². The number of carbonyl (C=O) groups is 2. The number of rotatable bonds is 14. The van der Waals surface area contributed by atoms with Crippen LogP contribution in [0.1, 0.15) is 53.7 Å². The Kier molecular flexibility index (Phi) is 12.1. The van der Waals surface area contributed by atoms with Gasteiger partial charge in [0.15, 0.2) is 0 Å². The molecule has 270 valence electrons. The molecule has 2 heterocycles. The maximum atomic E-state index is 15.4. The van der Waals surface area contributed by atoms with Crippen LogP contribution in [0.2, 0.25) is 0 Å². The van der Waals surface area contributed by atoms with Gasteiger partial charge in [-0.3, -0.25) is 14.5 Å². The molecule has 0 spiro atoms. The molecule has 1 aliphatic heterocycles. The molecule has 5 rings (SSSR count). The van der Waals surface area contributed by atoms with E-state index in [1.165, 1.54) is 24.4 Å². The van der Waals surface area contributed by atoms with Crippen LogP contribution in [0.5, 0.6) is 17.4 Å². The van der Waals surface area contributed by atoms with E-state index in [1.807, 2.05) is 24.3 Å². The van der Waals surface area contributed by atoms with E-state index in [1.54, 1.807) is 26.2 Å². The first-order chi connectivity index (χ1) is 24.4. The van der Waals surface area contributed by atoms with Crippen LogP contribution in [0.25, 0.3) is 11.1 Å². The number of carbonyl (C=O) groups excluding carboxylic acids is 2. The van der Waals surface area contributed by atoms with Crippen LogP contribution in [-0.2, 0) is 24.0 Å². The molecule has 4 aromatic rings. The predicted molar refractivity (Wildman–Crippen MR) is 185 cm³/mol. The summed E-state index contributed by atoms with van der Waals surface area (Å²) < 4.78 is 73.3. The second-order valence-corrected chi connectivity index (χ2v) is 12.2. The highest BCUT2D eigenvalue weighted by molar-refractivity contribution is 5.98. The van der Waals surface area contributed by atoms with Crippen molar-refractivity contribution in [1.82, 2.24) is 15.2 Å². The second-order valence-electron chi connectivity index (χ2n) is 12.2. The number of hydrogen-bond donors (Lipinski definition) is 2. The highest BCUT2D eigenvalue weighted by Gasteiger charge is 2.32. The Morgan fingerprint density at radius 2 is 1.80 bits per heavy atom. The number of hydrogen-bond acceptors (Lipinski definition) is 7. The molecule has 9 nitrogen and oxygen atoms in total. The van der Waals surface area contributed by atoms with Crippen LogP contribution in [-0.4, -0.2) is 61.1 Å². The van der Waals surface area contributed by atoms with Crippen molar-refractivity contribution in [2.75, 3.05) is 38.7 Å². The molecule has 51 heavy (non-hydrogen) atoms. The first-order valence-electron chi connectivity index (χ1n) is 16.6. The van der Waals surface area contributed by atoms with Crippen molar-refractivity contribution < 1.29 is 41.4 Å². The fraction of sp³-hybridized carbons (Fsp3) is 0.342. The number of nitrogens with one attached hydrogen (secondary N) is 2. The molecule has 13 heteroatoms. The Labute approximate surface area is 293 Å². The molecule has 1 saturated heterocycles. The normalized spacial score (nSPS) is 14.6. The van der Waals surface area contributed by atoms with Gasteiger partial charge in [0.2, 0.25) is 11.8 Å². The summed E-state index contributed by atoms with van der Waals surface area (Å²) in [5.74, 6) is -0.715. The monoisotopic (exact) mass is 708 g/mol. The zero-order valence-corrected chi connectivity index (χ0v) is 28.6. The van der Waals surface area contributed by atoms with Crippen molar-refractivity contribution in [3.8, 4) is 28.5 Å². The number of nitrogens with zero attached hydrogens (tertiary/aromatic N) is 2. The lowest BCUT2D eigenvalue weighted by Gasteiger charge is -2.21. The maximum Gasteiger partial charge on any atom is 0.416 e. The van der Waals surface area contributed by atoms with Gasteiger partial charge in [-0.05, 0) is 86.3 Å². The number of benzene rings is 3. The second kappa shape index (κ2) is 16.7. The highest BCUT2D eigenvalue weighted by atomic mass is 19.4. The Balaban J connectivity index is 1.25. The summed E-state index contributed by atoms with van der Waals surface area (Å²) in [6.45, 7) is 6.22. The number of anilines is 1. The summed E-state index contributed by atoms with van der Waals surface area (Å²) in [5.41, 5.74) is 0.272. The highest BCUT2D eigenvalue weighted by Crippen LogP contribution is 2.34. The number of aromatic nitrogens is 1. The van der Waals surface area contributed by atoms with E-state index in [9.17, 15) is 22.8 Å². The quantitative estimate of drug-likeness (QED) is 0.133. The Bertz CT molecular complexity index is 1830. The minimum absolute atomic E-state index is 0.0164. The first-order valence-corrected chi connectivity index (χ1v) is 16.6. The summed E-state index contributed by atoms with van der Waals surface area (Å²) in [4.78, 5) is 32.3. The number of likely N-dealkylation sites (tertiary alicyclic amines) is 1. The van der Waals surface area contributed by atoms with Crippen molar-refractivity contribution in [1.29, 1.82) is 0 Å². The number of methoxy groups -OCH3 is 1. The standard InChI is InChI=1S/C38H40F4N4O5/c1-4-50-34-21-36(51-23-25-7-11-31(49-3)12-8-25)44-22-32(34)26-9-10-27(33(39)18-26)19-35(47)45-30-17-28(16-29(20-30)38(40,41)42)37(48)43-13-15-46-14-5-6-24(46)2/h7-12,16-18,20-22,24H,4-6,13-15,19,23H2,1-3H3,(H,43,48)(H,45,47)/t24-/m1/s1. The number of ether oxygens (including phenoxy) is 3. The first kappa shape index (κ1) is 37.1. The molecule has 2 amide bonds. The summed E-state index contributed by atoms with van der Waals surface area (Å²) in [5, 5.41) is 5.06. The molecule has 3 aromatic carbocycles. The van der Waals surface area contributed by atoms with Crippen LogP contribution < -0.4 is 24.8 Å². The lowest BCUT2D eigenvalue weighted by molar-refractivity contribution is -0.137. The van der Waals surface area contributed by atoms with E-state index in [-0.39, 0.29) is 30.0 Å². The van der Waals surface area contributed by atoms with Crippen LogP contribution in [0.15, 0.2) is 72.9 Å². The van der Waals surface area contributed by atoms with Crippen LogP contribution in [0, 0.1) is 5.82 Å². The van der Waals surface area contributed by atoms with Crippen molar-refractivity contribution >= 4 is 17.5 Å². The van der Waals surface area contributed by atoms with Gasteiger partial charge in [0, 0.05) is 48.2 Å². The summed E-state index contributed by atoms with van der Waals surface area (Å²) in [7, 11) is 1.59. The van der Waals surface area contributed by atoms with E-state index in [4.69, 9.17) is 14.2 Å². The minimum atomic E-state index is -4.77. The van der Waals surface area contributed by atoms with Gasteiger partial charge in [-0.15, -0.1) is 0 Å². The van der Waals surface area contributed by atoms with Gasteiger partial charge >= 0.3 is 6.18 Å². The van der Waals surface area contributed by atoms with E-state index in [0.717, 1.165) is 42.8 Å². The van der Waals surface area contributed by atoms with Crippen molar-refractivity contribution in [3.05, 3.63) is 101 Å². The van der Waals surface area contributed by atoms with Crippen molar-refractivity contribution in [2.24, 2.45) is 0 Å². The zero-order chi connectivity index (χ0) is 36.5. The molecule has 0 saturated carbocycles. The van der Waals surface area contributed by atoms with Gasteiger partial charge in [-0.1, -0.05) is 24.3 Å². The van der Waals surface area contributed by atoms with Crippen molar-refractivity contribution in [2.45, 2.75) is 51.9 Å². The zero-order valence-electron chi connectivity index (χ0n) is 28.6. The molecular weight excluding hydrogens is 668 g/mol. The lowest BCUT2D eigenvalue weighted by Crippen LogP contribution is -2.36. The fourth-order valence-electron chi connectivity index (χ4n) is 5.84. The van der Waals surface area contributed by atoms with Crippen LogP contribution in [0.3, 0.4) is 0 Å². The van der Waals surface area contributed by atoms with E-state index in [2.05, 4.69) is 27.4 Å². The molecule has 2 N–H and O–H groups in total. The number of amides is 2. The third-order valence-electron chi connectivity index (χ3n) is 8.58. The molecule has 1 aliphatic rings. The number of halogens is 4. The van der Waals surface area contributed by atoms with Gasteiger partial charge in [0.25, 0.3) is 5.91 Å². The topological polar surface area (TPSA) is 102 Å². The average molecular weight is 709 g/mol. The van der Waals surface area contributed by atoms with Crippen LogP contribution >= 0.6 is 0 Å². The molecule has 0 unspecified atom stereocenters. The van der Waals surface area contributed by atoms with Gasteiger partial charge in [-0.25, -0.2) is 9.37 Å². The lowest BCUT2D eigenvalue weighted by atomic mass is 10.0. The van der Waals surface area contributed by atoms with Crippen LogP contribution in [0.4, 0.5) is 23.2 Å². The van der Waals surface area contributed by atoms with Gasteiger partial charge in [0.05, 0.1) is 25.7 Å². The third kappa shape index (κ3) is 9.97. The smallest absolute Gasteiger partial charge is 0.416 e. The maximum absolute atomic E-state index is 15.4. The third-order valence-corrected chi connectivity index (χ3v) is 8.58. The fourth-order valence-corrected chi connectivity index (χ4v) is 5.84. The number of alkyl halides is 3. The molecule has 1 fully saturated rings. The molecule has 0 bridgehead atoms. The van der Waals surface area contributed by atoms with Crippen molar-refractivity contribution in [3.63, 3.8) is 0 Å². The molecule has 1 aromatic heterocycles. The summed E-state index contributed by atoms with van der Waals surface area (Å²) in [6.07, 6.45) is -1.61. The van der Waals surface area contributed by atoms with E-state index in [0.29, 0.717) is 41.9 Å². The predicted octanol–water partition coefficient (Wildman–Crippen LogP) is 7.29. The van der Waals surface area contributed by atoms with Gasteiger partial charge < -0.3 is 24.8 Å². The Morgan fingerprint density at radius 1 is 1.02 bits per heavy atom.